The summed E-state index contributed by atoms with van der Waals surface area (Å²) in [4.78, 5) is 17.2. The van der Waals surface area contributed by atoms with Crippen molar-refractivity contribution in [2.45, 2.75) is 31.2 Å². The molecule has 1 aliphatic carbocycles. The van der Waals surface area contributed by atoms with Gasteiger partial charge in [0.05, 0.1) is 19.4 Å². The van der Waals surface area contributed by atoms with Crippen LogP contribution in [0.1, 0.15) is 25.3 Å². The summed E-state index contributed by atoms with van der Waals surface area (Å²) in [5.74, 6) is 2.94. The van der Waals surface area contributed by atoms with Gasteiger partial charge in [0.25, 0.3) is 5.56 Å². The molecule has 168 valence electrons. The number of methoxy groups -OCH3 is 1. The van der Waals surface area contributed by atoms with E-state index in [1.165, 1.54) is 36.7 Å². The van der Waals surface area contributed by atoms with E-state index in [9.17, 15) is 9.18 Å². The zero-order chi connectivity index (χ0) is 22.5. The van der Waals surface area contributed by atoms with Crippen LogP contribution in [0, 0.1) is 17.7 Å². The molecule has 4 rings (SSSR count). The van der Waals surface area contributed by atoms with Gasteiger partial charge < -0.3 is 9.47 Å². The van der Waals surface area contributed by atoms with Crippen molar-refractivity contribution in [3.05, 3.63) is 76.6 Å². The molecule has 0 aliphatic heterocycles. The molecule has 1 heterocycles. The Morgan fingerprint density at radius 2 is 2.06 bits per heavy atom. The smallest absolute Gasteiger partial charge is 0.287 e. The average molecular weight is 455 g/mol. The van der Waals surface area contributed by atoms with E-state index < -0.39 is 0 Å². The van der Waals surface area contributed by atoms with E-state index in [1.807, 2.05) is 18.2 Å². The molecule has 3 aromatic rings. The fourth-order valence-electron chi connectivity index (χ4n) is 3.60. The lowest BCUT2D eigenvalue weighted by Crippen LogP contribution is -2.20. The number of aryl methyl sites for hydroxylation is 1. The molecule has 1 saturated carbocycles. The van der Waals surface area contributed by atoms with Gasteiger partial charge in [0.1, 0.15) is 5.82 Å². The van der Waals surface area contributed by atoms with Gasteiger partial charge in [-0.15, -0.1) is 11.8 Å². The first-order valence-corrected chi connectivity index (χ1v) is 11.8. The first-order valence-electron chi connectivity index (χ1n) is 10.8. The van der Waals surface area contributed by atoms with Gasteiger partial charge in [-0.25, -0.2) is 9.37 Å². The highest BCUT2D eigenvalue weighted by molar-refractivity contribution is 7.99. The molecule has 0 spiro atoms. The molecule has 0 saturated heterocycles. The number of benzene rings is 2. The summed E-state index contributed by atoms with van der Waals surface area (Å²) in [5, 5.41) is 0.404. The summed E-state index contributed by atoms with van der Waals surface area (Å²) in [5.41, 5.74) is 1.38. The zero-order valence-corrected chi connectivity index (χ0v) is 19.1. The van der Waals surface area contributed by atoms with E-state index in [0.29, 0.717) is 46.9 Å². The van der Waals surface area contributed by atoms with Crippen molar-refractivity contribution in [2.75, 3.05) is 19.5 Å². The molecule has 2 aromatic carbocycles. The summed E-state index contributed by atoms with van der Waals surface area (Å²) >= 11 is 1.37. The molecule has 0 radical (unpaired) electrons. The van der Waals surface area contributed by atoms with Crippen LogP contribution >= 0.6 is 11.8 Å². The lowest BCUT2D eigenvalue weighted by atomic mass is 10.1. The van der Waals surface area contributed by atoms with E-state index in [0.717, 1.165) is 11.5 Å². The van der Waals surface area contributed by atoms with Gasteiger partial charge in [-0.2, -0.15) is 0 Å². The Bertz CT molecular complexity index is 1130. The normalized spacial score (nSPS) is 14.2. The van der Waals surface area contributed by atoms with Crippen molar-refractivity contribution in [2.24, 2.45) is 11.8 Å². The fraction of sp³-hybridized carbons (Fsp3) is 0.360. The van der Waals surface area contributed by atoms with Crippen LogP contribution < -0.4 is 15.0 Å². The minimum absolute atomic E-state index is 0.199. The van der Waals surface area contributed by atoms with Gasteiger partial charge >= 0.3 is 0 Å². The Labute approximate surface area is 191 Å². The van der Waals surface area contributed by atoms with Crippen LogP contribution in [0.5, 0.6) is 11.5 Å². The van der Waals surface area contributed by atoms with Gasteiger partial charge in [-0.1, -0.05) is 19.1 Å². The predicted molar refractivity (Wildman–Crippen MR) is 125 cm³/mol. The highest BCUT2D eigenvalue weighted by Crippen LogP contribution is 2.37. The molecule has 7 heteroatoms. The predicted octanol–water partition coefficient (Wildman–Crippen LogP) is 5.14. The minimum Gasteiger partial charge on any atom is -0.493 e. The van der Waals surface area contributed by atoms with Gasteiger partial charge in [-0.05, 0) is 60.9 Å². The number of rotatable bonds is 10. The van der Waals surface area contributed by atoms with Crippen molar-refractivity contribution < 1.29 is 13.9 Å². The van der Waals surface area contributed by atoms with Crippen molar-refractivity contribution in [3.63, 3.8) is 0 Å². The first-order chi connectivity index (χ1) is 15.5. The Morgan fingerprint density at radius 1 is 1.22 bits per heavy atom. The number of hydrogen-bond acceptors (Lipinski definition) is 5. The molecule has 0 amide bonds. The summed E-state index contributed by atoms with van der Waals surface area (Å²) in [6, 6.07) is 12.0. The number of thioether (sulfide) groups is 1. The summed E-state index contributed by atoms with van der Waals surface area (Å²) < 4.78 is 26.4. The lowest BCUT2D eigenvalue weighted by Gasteiger charge is -2.16. The molecule has 1 aromatic heterocycles. The maximum absolute atomic E-state index is 13.3. The Balaban J connectivity index is 1.46. The second kappa shape index (κ2) is 10.2. The lowest BCUT2D eigenvalue weighted by molar-refractivity contribution is 0.234. The maximum Gasteiger partial charge on any atom is 0.287 e. The van der Waals surface area contributed by atoms with Gasteiger partial charge in [0, 0.05) is 24.2 Å². The van der Waals surface area contributed by atoms with Gasteiger partial charge in [0.15, 0.2) is 16.5 Å². The van der Waals surface area contributed by atoms with Crippen molar-refractivity contribution in [1.82, 2.24) is 9.55 Å². The van der Waals surface area contributed by atoms with E-state index in [-0.39, 0.29) is 11.4 Å². The summed E-state index contributed by atoms with van der Waals surface area (Å²) in [7, 11) is 1.60. The van der Waals surface area contributed by atoms with Crippen LogP contribution in [-0.2, 0) is 6.42 Å². The Morgan fingerprint density at radius 3 is 2.81 bits per heavy atom. The third kappa shape index (κ3) is 5.51. The number of aromatic nitrogens is 2. The van der Waals surface area contributed by atoms with Crippen LogP contribution in [0.15, 0.2) is 64.7 Å². The van der Waals surface area contributed by atoms with Gasteiger partial charge in [-0.3, -0.25) is 9.36 Å². The molecule has 1 fully saturated rings. The highest BCUT2D eigenvalue weighted by atomic mass is 32.2. The summed E-state index contributed by atoms with van der Waals surface area (Å²) in [6.07, 6.45) is 6.48. The van der Waals surface area contributed by atoms with Crippen LogP contribution in [0.4, 0.5) is 4.39 Å². The third-order valence-corrected chi connectivity index (χ3v) is 6.64. The second-order valence-electron chi connectivity index (χ2n) is 8.10. The number of ether oxygens (including phenoxy) is 2. The second-order valence-corrected chi connectivity index (χ2v) is 9.18. The zero-order valence-electron chi connectivity index (χ0n) is 18.3. The fourth-order valence-corrected chi connectivity index (χ4v) is 4.49. The molecular formula is C25H27FN2O3S. The maximum atomic E-state index is 13.3. The van der Waals surface area contributed by atoms with E-state index in [4.69, 9.17) is 9.47 Å². The molecule has 1 aliphatic rings. The quantitative estimate of drug-likeness (QED) is 0.397. The van der Waals surface area contributed by atoms with Crippen molar-refractivity contribution in [1.29, 1.82) is 0 Å². The molecule has 1 unspecified atom stereocenters. The van der Waals surface area contributed by atoms with Gasteiger partial charge in [0.2, 0.25) is 0 Å². The molecule has 0 N–H and O–H groups in total. The van der Waals surface area contributed by atoms with E-state index in [2.05, 4.69) is 11.9 Å². The molecule has 5 nitrogen and oxygen atoms in total. The highest BCUT2D eigenvalue weighted by Gasteiger charge is 2.28. The standard InChI is InChI=1S/C25H27FN2O3S/c1-17(19-6-7-19)16-31-22-9-8-21(15-23(22)30-2)28-12-11-27-24(25(28)29)32-13-10-18-4-3-5-20(26)14-18/h3-5,8-9,11-12,14-15,17,19H,6-7,10,13,16H2,1-2H3. The third-order valence-electron chi connectivity index (χ3n) is 5.68. The molecule has 0 bridgehead atoms. The Kier molecular flexibility index (Phi) is 7.15. The monoisotopic (exact) mass is 454 g/mol. The van der Waals surface area contributed by atoms with Crippen LogP contribution in [0.2, 0.25) is 0 Å². The van der Waals surface area contributed by atoms with Crippen molar-refractivity contribution in [3.8, 4) is 17.2 Å². The number of nitrogens with zero attached hydrogens (tertiary/aromatic N) is 2. The molecular weight excluding hydrogens is 427 g/mol. The number of halogens is 1. The van der Waals surface area contributed by atoms with E-state index >= 15 is 0 Å². The SMILES string of the molecule is COc1cc(-n2ccnc(SCCc3cccc(F)c3)c2=O)ccc1OCC(C)C1CC1. The number of hydrogen-bond donors (Lipinski definition) is 0. The molecule has 1 atom stereocenters. The van der Waals surface area contributed by atoms with E-state index in [1.54, 1.807) is 36.2 Å². The topological polar surface area (TPSA) is 53.4 Å². The van der Waals surface area contributed by atoms with Crippen LogP contribution in [-0.4, -0.2) is 29.0 Å². The minimum atomic E-state index is -0.254. The summed E-state index contributed by atoms with van der Waals surface area (Å²) in [6.45, 7) is 2.87. The van der Waals surface area contributed by atoms with Crippen molar-refractivity contribution >= 4 is 11.8 Å². The molecule has 32 heavy (non-hydrogen) atoms. The van der Waals surface area contributed by atoms with Crippen LogP contribution in [0.25, 0.3) is 5.69 Å². The Hall–Kier alpha value is -2.80. The van der Waals surface area contributed by atoms with Crippen LogP contribution in [0.3, 0.4) is 0 Å². The average Bonchev–Trinajstić information content (AvgIpc) is 3.64. The first kappa shape index (κ1) is 22.4. The largest absolute Gasteiger partial charge is 0.493 e.